The molecule has 1 saturated heterocycles. The molecule has 1 fully saturated rings. The summed E-state index contributed by atoms with van der Waals surface area (Å²) in [5.74, 6) is -0.690. The Bertz CT molecular complexity index is 425. The molecular formula is C16H28O7S. The van der Waals surface area contributed by atoms with Crippen LogP contribution in [0.5, 0.6) is 0 Å². The molecule has 8 heteroatoms. The first-order valence-corrected chi connectivity index (χ1v) is 8.93. The second-order valence-electron chi connectivity index (χ2n) is 7.32. The first-order chi connectivity index (χ1) is 11.1. The van der Waals surface area contributed by atoms with Gasteiger partial charge in [-0.05, 0) is 39.5 Å². The Morgan fingerprint density at radius 3 is 2.67 bits per heavy atom. The summed E-state index contributed by atoms with van der Waals surface area (Å²) in [5.41, 5.74) is 0. The van der Waals surface area contributed by atoms with E-state index in [2.05, 4.69) is 23.2 Å². The van der Waals surface area contributed by atoms with Crippen molar-refractivity contribution in [2.45, 2.75) is 77.3 Å². The van der Waals surface area contributed by atoms with E-state index in [4.69, 9.17) is 14.7 Å². The van der Waals surface area contributed by atoms with Crippen LogP contribution >= 0.6 is 12.0 Å². The number of carbonyl (C=O) groups excluding carboxylic acids is 2. The zero-order valence-electron chi connectivity index (χ0n) is 14.9. The van der Waals surface area contributed by atoms with Crippen molar-refractivity contribution < 1.29 is 33.7 Å². The van der Waals surface area contributed by atoms with Crippen molar-refractivity contribution in [3.63, 3.8) is 0 Å². The largest absolute Gasteiger partial charge is 0.463 e. The molecule has 1 aliphatic rings. The molecule has 0 bridgehead atoms. The van der Waals surface area contributed by atoms with E-state index in [1.807, 2.05) is 13.8 Å². The van der Waals surface area contributed by atoms with Crippen molar-refractivity contribution in [1.29, 1.82) is 0 Å². The molecule has 140 valence electrons. The molecule has 24 heavy (non-hydrogen) atoms. The number of carbonyl (C=O) groups is 2. The van der Waals surface area contributed by atoms with Gasteiger partial charge in [0.05, 0.1) is 12.3 Å². The lowest BCUT2D eigenvalue weighted by Gasteiger charge is -2.25. The third-order valence-corrected chi connectivity index (χ3v) is 4.46. The number of ether oxygens (including phenoxy) is 2. The highest BCUT2D eigenvalue weighted by molar-refractivity contribution is 7.95. The minimum Gasteiger partial charge on any atom is -0.463 e. The van der Waals surface area contributed by atoms with Crippen molar-refractivity contribution in [2.24, 2.45) is 11.8 Å². The van der Waals surface area contributed by atoms with Crippen LogP contribution in [0.25, 0.3) is 0 Å². The Morgan fingerprint density at radius 2 is 2.08 bits per heavy atom. The van der Waals surface area contributed by atoms with Crippen LogP contribution in [0.1, 0.15) is 60.3 Å². The monoisotopic (exact) mass is 364 g/mol. The molecule has 1 aliphatic heterocycles. The van der Waals surface area contributed by atoms with Gasteiger partial charge >= 0.3 is 11.9 Å². The number of hydrogen-bond donors (Lipinski definition) is 1. The molecule has 1 rings (SSSR count). The van der Waals surface area contributed by atoms with Gasteiger partial charge in [-0.3, -0.25) is 9.59 Å². The summed E-state index contributed by atoms with van der Waals surface area (Å²) < 4.78 is 14.7. The van der Waals surface area contributed by atoms with Gasteiger partial charge < -0.3 is 9.47 Å². The van der Waals surface area contributed by atoms with E-state index in [0.717, 1.165) is 18.5 Å². The molecule has 0 aromatic carbocycles. The lowest BCUT2D eigenvalue weighted by Crippen LogP contribution is -2.27. The van der Waals surface area contributed by atoms with Crippen LogP contribution in [0.3, 0.4) is 0 Å². The second kappa shape index (κ2) is 9.60. The van der Waals surface area contributed by atoms with Gasteiger partial charge in [-0.2, -0.15) is 0 Å². The highest BCUT2D eigenvalue weighted by Gasteiger charge is 2.36. The number of cyclic esters (lactones) is 1. The fraction of sp³-hybridized carbons (Fsp3) is 0.875. The van der Waals surface area contributed by atoms with E-state index in [-0.39, 0.29) is 24.6 Å². The smallest absolute Gasteiger partial charge is 0.309 e. The summed E-state index contributed by atoms with van der Waals surface area (Å²) in [7, 11) is 0. The zero-order chi connectivity index (χ0) is 18.3. The van der Waals surface area contributed by atoms with Gasteiger partial charge in [-0.25, -0.2) is 5.26 Å². The van der Waals surface area contributed by atoms with Crippen molar-refractivity contribution in [1.82, 2.24) is 0 Å². The SMILES string of the molecule is CC(C)CC1CC(CC(=O)OC(C)CC(C)(C)SOOO)C(=O)O1. The highest BCUT2D eigenvalue weighted by atomic mass is 32.2. The zero-order valence-corrected chi connectivity index (χ0v) is 15.8. The Hall–Kier alpha value is -0.830. The molecule has 0 spiro atoms. The summed E-state index contributed by atoms with van der Waals surface area (Å²) in [6.45, 7) is 9.65. The minimum absolute atomic E-state index is 0.0432. The van der Waals surface area contributed by atoms with E-state index >= 15 is 0 Å². The lowest BCUT2D eigenvalue weighted by molar-refractivity contribution is -0.432. The van der Waals surface area contributed by atoms with Crippen LogP contribution in [0.2, 0.25) is 0 Å². The molecule has 0 aliphatic carbocycles. The lowest BCUT2D eigenvalue weighted by atomic mass is 9.96. The van der Waals surface area contributed by atoms with Crippen LogP contribution < -0.4 is 0 Å². The van der Waals surface area contributed by atoms with E-state index in [9.17, 15) is 9.59 Å². The Morgan fingerprint density at radius 1 is 1.42 bits per heavy atom. The van der Waals surface area contributed by atoms with Gasteiger partial charge in [0, 0.05) is 23.2 Å². The standard InChI is InChI=1S/C16H28O7S/c1-10(2)6-13-7-12(15(18)21-13)8-14(17)20-11(3)9-16(4,5)24-23-22-19/h10-13,19H,6-9H2,1-5H3. The molecular weight excluding hydrogens is 336 g/mol. The topological polar surface area (TPSA) is 91.3 Å². The number of esters is 2. The van der Waals surface area contributed by atoms with Gasteiger partial charge in [0.15, 0.2) is 0 Å². The maximum Gasteiger partial charge on any atom is 0.309 e. The van der Waals surface area contributed by atoms with Gasteiger partial charge in [0.2, 0.25) is 0 Å². The van der Waals surface area contributed by atoms with Crippen LogP contribution in [0.4, 0.5) is 0 Å². The molecule has 0 aromatic rings. The normalized spacial score (nSPS) is 22.5. The maximum absolute atomic E-state index is 12.1. The molecule has 0 saturated carbocycles. The average molecular weight is 364 g/mol. The summed E-state index contributed by atoms with van der Waals surface area (Å²) >= 11 is 0.936. The minimum atomic E-state index is -0.420. The fourth-order valence-electron chi connectivity index (χ4n) is 2.91. The van der Waals surface area contributed by atoms with Crippen molar-refractivity contribution in [2.75, 3.05) is 0 Å². The summed E-state index contributed by atoms with van der Waals surface area (Å²) in [4.78, 5) is 23.9. The molecule has 7 nitrogen and oxygen atoms in total. The van der Waals surface area contributed by atoms with Gasteiger partial charge in [0.1, 0.15) is 12.2 Å². The predicted molar refractivity (Wildman–Crippen MR) is 88.7 cm³/mol. The Kier molecular flexibility index (Phi) is 8.49. The Labute approximate surface area is 147 Å². The van der Waals surface area contributed by atoms with E-state index in [1.54, 1.807) is 6.92 Å². The quantitative estimate of drug-likeness (QED) is 0.272. The predicted octanol–water partition coefficient (Wildman–Crippen LogP) is 3.52. The highest BCUT2D eigenvalue weighted by Crippen LogP contribution is 2.32. The molecule has 0 aromatic heterocycles. The van der Waals surface area contributed by atoms with Gasteiger partial charge in [-0.15, -0.1) is 4.33 Å². The third kappa shape index (κ3) is 7.83. The summed E-state index contributed by atoms with van der Waals surface area (Å²) in [5, 5.41) is 11.8. The molecule has 1 heterocycles. The van der Waals surface area contributed by atoms with E-state index in [1.165, 1.54) is 0 Å². The van der Waals surface area contributed by atoms with Crippen molar-refractivity contribution >= 4 is 24.0 Å². The number of rotatable bonds is 10. The molecule has 3 atom stereocenters. The molecule has 1 N–H and O–H groups in total. The second-order valence-corrected chi connectivity index (χ2v) is 8.72. The van der Waals surface area contributed by atoms with Crippen LogP contribution in [-0.4, -0.2) is 34.2 Å². The van der Waals surface area contributed by atoms with E-state index in [0.29, 0.717) is 18.8 Å². The van der Waals surface area contributed by atoms with Crippen LogP contribution in [0.15, 0.2) is 0 Å². The summed E-state index contributed by atoms with van der Waals surface area (Å²) in [6.07, 6.45) is 1.47. The van der Waals surface area contributed by atoms with Gasteiger partial charge in [0.25, 0.3) is 0 Å². The van der Waals surface area contributed by atoms with Crippen molar-refractivity contribution in [3.05, 3.63) is 0 Å². The van der Waals surface area contributed by atoms with Crippen LogP contribution in [0, 0.1) is 11.8 Å². The third-order valence-electron chi connectivity index (χ3n) is 3.71. The van der Waals surface area contributed by atoms with Gasteiger partial charge in [-0.1, -0.05) is 18.9 Å². The number of hydrogen-bond acceptors (Lipinski definition) is 8. The molecule has 0 amide bonds. The Balaban J connectivity index is 2.39. The van der Waals surface area contributed by atoms with Crippen LogP contribution in [-0.2, 0) is 28.4 Å². The van der Waals surface area contributed by atoms with Crippen molar-refractivity contribution in [3.8, 4) is 0 Å². The average Bonchev–Trinajstić information content (AvgIpc) is 2.74. The first kappa shape index (κ1) is 21.2. The molecule has 0 radical (unpaired) electrons. The maximum atomic E-state index is 12.1. The first-order valence-electron chi connectivity index (χ1n) is 8.19. The fourth-order valence-corrected chi connectivity index (χ4v) is 3.43. The van der Waals surface area contributed by atoms with E-state index < -0.39 is 16.6 Å². The molecule has 3 unspecified atom stereocenters. The summed E-state index contributed by atoms with van der Waals surface area (Å²) in [6, 6.07) is 0.